The molecule has 0 radical (unpaired) electrons. The Morgan fingerprint density at radius 1 is 1.16 bits per heavy atom. The minimum Gasteiger partial charge on any atom is -0.506 e. The number of aromatic nitrogens is 1. The van der Waals surface area contributed by atoms with Crippen LogP contribution in [0.4, 0.5) is 5.69 Å². The van der Waals surface area contributed by atoms with Gasteiger partial charge in [0, 0.05) is 18.5 Å². The Balaban J connectivity index is 2.19. The van der Waals surface area contributed by atoms with Crippen LogP contribution in [0.25, 0.3) is 10.9 Å². The number of hydrogen-bond acceptors (Lipinski definition) is 5. The molecule has 0 amide bonds. The van der Waals surface area contributed by atoms with Crippen molar-refractivity contribution in [1.82, 2.24) is 4.57 Å². The van der Waals surface area contributed by atoms with E-state index in [2.05, 4.69) is 4.99 Å². The lowest BCUT2D eigenvalue weighted by atomic mass is 10.1. The Bertz CT molecular complexity index is 1050. The van der Waals surface area contributed by atoms with Gasteiger partial charge in [0.15, 0.2) is 11.5 Å². The van der Waals surface area contributed by atoms with Crippen LogP contribution in [0.1, 0.15) is 12.5 Å². The maximum absolute atomic E-state index is 12.7. The second-order valence-corrected chi connectivity index (χ2v) is 5.66. The molecular formula is C19H18N2O4. The van der Waals surface area contributed by atoms with Crippen molar-refractivity contribution in [3.05, 3.63) is 58.4 Å². The van der Waals surface area contributed by atoms with E-state index in [1.807, 2.05) is 6.07 Å². The minimum atomic E-state index is -0.338. The highest BCUT2D eigenvalue weighted by atomic mass is 16.5. The summed E-state index contributed by atoms with van der Waals surface area (Å²) in [5, 5.41) is 21.0. The number of benzene rings is 2. The molecular weight excluding hydrogens is 320 g/mol. The normalized spacial score (nSPS) is 11.7. The molecule has 0 unspecified atom stereocenters. The number of aromatic hydroxyl groups is 2. The lowest BCUT2D eigenvalue weighted by Crippen LogP contribution is -2.24. The van der Waals surface area contributed by atoms with E-state index in [9.17, 15) is 15.0 Å². The first-order valence-corrected chi connectivity index (χ1v) is 7.67. The number of fused-ring (bicyclic) bond motifs is 1. The van der Waals surface area contributed by atoms with Gasteiger partial charge in [0.2, 0.25) is 0 Å². The lowest BCUT2D eigenvalue weighted by molar-refractivity contribution is 0.373. The first-order chi connectivity index (χ1) is 11.9. The van der Waals surface area contributed by atoms with Gasteiger partial charge in [0.1, 0.15) is 11.3 Å². The largest absolute Gasteiger partial charge is 0.506 e. The Morgan fingerprint density at radius 2 is 1.88 bits per heavy atom. The van der Waals surface area contributed by atoms with Gasteiger partial charge in [0.05, 0.1) is 24.0 Å². The molecule has 0 saturated carbocycles. The zero-order valence-electron chi connectivity index (χ0n) is 14.1. The van der Waals surface area contributed by atoms with Crippen molar-refractivity contribution in [3.63, 3.8) is 0 Å². The summed E-state index contributed by atoms with van der Waals surface area (Å²) in [5.74, 6) is 0.186. The Kier molecular flexibility index (Phi) is 4.19. The van der Waals surface area contributed by atoms with Crippen LogP contribution in [0.15, 0.2) is 52.3 Å². The summed E-state index contributed by atoms with van der Waals surface area (Å²) in [5.41, 5.74) is 1.24. The van der Waals surface area contributed by atoms with Gasteiger partial charge in [-0.05, 0) is 31.2 Å². The third kappa shape index (κ3) is 2.82. The van der Waals surface area contributed by atoms with E-state index in [1.165, 1.54) is 17.7 Å². The molecule has 3 rings (SSSR count). The summed E-state index contributed by atoms with van der Waals surface area (Å²) in [4.78, 5) is 17.0. The Morgan fingerprint density at radius 3 is 2.56 bits per heavy atom. The molecule has 0 bridgehead atoms. The Hall–Kier alpha value is -3.28. The maximum Gasteiger partial charge on any atom is 0.263 e. The van der Waals surface area contributed by atoms with Gasteiger partial charge < -0.3 is 19.5 Å². The molecule has 0 spiro atoms. The van der Waals surface area contributed by atoms with Crippen molar-refractivity contribution in [3.8, 4) is 17.2 Å². The molecule has 128 valence electrons. The van der Waals surface area contributed by atoms with Gasteiger partial charge >= 0.3 is 0 Å². The van der Waals surface area contributed by atoms with E-state index in [0.717, 1.165) is 0 Å². The number of phenols is 1. The standard InChI is InChI=1S/C19H18N2O4/c1-11(20-12-8-9-16(25-3)15(22)10-12)17-18(23)13-6-4-5-7-14(13)21(2)19(17)24/h4-10,22-23H,1-3H3. The molecule has 1 heterocycles. The van der Waals surface area contributed by atoms with E-state index < -0.39 is 0 Å². The number of nitrogens with zero attached hydrogens (tertiary/aromatic N) is 2. The van der Waals surface area contributed by atoms with E-state index in [-0.39, 0.29) is 22.6 Å². The fourth-order valence-corrected chi connectivity index (χ4v) is 2.80. The van der Waals surface area contributed by atoms with Crippen LogP contribution in [-0.4, -0.2) is 27.6 Å². The van der Waals surface area contributed by atoms with Crippen LogP contribution < -0.4 is 10.3 Å². The molecule has 6 nitrogen and oxygen atoms in total. The van der Waals surface area contributed by atoms with Crippen LogP contribution in [0.3, 0.4) is 0 Å². The van der Waals surface area contributed by atoms with Gasteiger partial charge in [-0.25, -0.2) is 0 Å². The summed E-state index contributed by atoms with van der Waals surface area (Å²) in [6.45, 7) is 1.65. The SMILES string of the molecule is COc1ccc(N=C(C)c2c(O)c3ccccc3n(C)c2=O)cc1O. The minimum absolute atomic E-state index is 0.0489. The number of para-hydroxylation sites is 1. The molecule has 3 aromatic rings. The molecule has 2 aromatic carbocycles. The number of aliphatic imine (C=N–C) groups is 1. The molecule has 0 aliphatic carbocycles. The van der Waals surface area contributed by atoms with Gasteiger partial charge in [-0.1, -0.05) is 12.1 Å². The lowest BCUT2D eigenvalue weighted by Gasteiger charge is -2.11. The number of ether oxygens (including phenoxy) is 1. The number of pyridine rings is 1. The fraction of sp³-hybridized carbons (Fsp3) is 0.158. The first-order valence-electron chi connectivity index (χ1n) is 7.67. The number of methoxy groups -OCH3 is 1. The van der Waals surface area contributed by atoms with E-state index in [4.69, 9.17) is 4.74 Å². The molecule has 1 aromatic heterocycles. The monoisotopic (exact) mass is 338 g/mol. The van der Waals surface area contributed by atoms with Crippen molar-refractivity contribution in [1.29, 1.82) is 0 Å². The predicted molar refractivity (Wildman–Crippen MR) is 97.4 cm³/mol. The van der Waals surface area contributed by atoms with Crippen LogP contribution in [0.2, 0.25) is 0 Å². The topological polar surface area (TPSA) is 84.0 Å². The van der Waals surface area contributed by atoms with Crippen LogP contribution in [0.5, 0.6) is 17.2 Å². The average molecular weight is 338 g/mol. The smallest absolute Gasteiger partial charge is 0.263 e. The molecule has 6 heteroatoms. The summed E-state index contributed by atoms with van der Waals surface area (Å²) >= 11 is 0. The highest BCUT2D eigenvalue weighted by Gasteiger charge is 2.17. The van der Waals surface area contributed by atoms with Crippen molar-refractivity contribution >= 4 is 22.3 Å². The predicted octanol–water partition coefficient (Wildman–Crippen LogP) is 3.10. The molecule has 0 aliphatic rings. The number of hydrogen-bond donors (Lipinski definition) is 2. The highest BCUT2D eigenvalue weighted by Crippen LogP contribution is 2.31. The van der Waals surface area contributed by atoms with Gasteiger partial charge in [0.25, 0.3) is 5.56 Å². The number of rotatable bonds is 3. The molecule has 0 saturated heterocycles. The third-order valence-corrected chi connectivity index (χ3v) is 4.10. The van der Waals surface area contributed by atoms with Crippen molar-refractivity contribution < 1.29 is 14.9 Å². The fourth-order valence-electron chi connectivity index (χ4n) is 2.80. The summed E-state index contributed by atoms with van der Waals surface area (Å²) in [7, 11) is 3.11. The number of aryl methyl sites for hydroxylation is 1. The van der Waals surface area contributed by atoms with Gasteiger partial charge in [-0.15, -0.1) is 0 Å². The van der Waals surface area contributed by atoms with Crippen LogP contribution in [0, 0.1) is 0 Å². The van der Waals surface area contributed by atoms with E-state index >= 15 is 0 Å². The van der Waals surface area contributed by atoms with E-state index in [0.29, 0.717) is 28.1 Å². The zero-order valence-corrected chi connectivity index (χ0v) is 14.1. The summed E-state index contributed by atoms with van der Waals surface area (Å²) in [6.07, 6.45) is 0. The van der Waals surface area contributed by atoms with Gasteiger partial charge in [-0.2, -0.15) is 0 Å². The summed E-state index contributed by atoms with van der Waals surface area (Å²) in [6, 6.07) is 11.8. The molecule has 2 N–H and O–H groups in total. The second-order valence-electron chi connectivity index (χ2n) is 5.66. The van der Waals surface area contributed by atoms with Crippen LogP contribution >= 0.6 is 0 Å². The highest BCUT2D eigenvalue weighted by molar-refractivity contribution is 6.06. The second kappa shape index (κ2) is 6.32. The average Bonchev–Trinajstić information content (AvgIpc) is 2.60. The molecule has 0 aliphatic heterocycles. The van der Waals surface area contributed by atoms with Crippen molar-refractivity contribution in [2.45, 2.75) is 6.92 Å². The summed E-state index contributed by atoms with van der Waals surface area (Å²) < 4.78 is 6.48. The van der Waals surface area contributed by atoms with Crippen molar-refractivity contribution in [2.75, 3.05) is 7.11 Å². The van der Waals surface area contributed by atoms with Gasteiger partial charge in [-0.3, -0.25) is 9.79 Å². The third-order valence-electron chi connectivity index (χ3n) is 4.10. The quantitative estimate of drug-likeness (QED) is 0.719. The zero-order chi connectivity index (χ0) is 18.1. The maximum atomic E-state index is 12.7. The molecule has 25 heavy (non-hydrogen) atoms. The van der Waals surface area contributed by atoms with E-state index in [1.54, 1.807) is 44.3 Å². The van der Waals surface area contributed by atoms with Crippen molar-refractivity contribution in [2.24, 2.45) is 12.0 Å². The molecule has 0 fully saturated rings. The number of phenolic OH excluding ortho intramolecular Hbond substituents is 1. The Labute approximate surface area is 144 Å². The first kappa shape index (κ1) is 16.6. The van der Waals surface area contributed by atoms with Crippen LogP contribution in [-0.2, 0) is 7.05 Å². The molecule has 0 atom stereocenters.